The highest BCUT2D eigenvalue weighted by Gasteiger charge is 2.21. The summed E-state index contributed by atoms with van der Waals surface area (Å²) in [6.07, 6.45) is 1.72. The number of nitrogens with zero attached hydrogens (tertiary/aromatic N) is 3. The number of nitrogens with one attached hydrogen (secondary N) is 1. The van der Waals surface area contributed by atoms with E-state index in [1.165, 1.54) is 0 Å². The molecule has 1 amide bonds. The van der Waals surface area contributed by atoms with Crippen LogP contribution in [0.2, 0.25) is 0 Å². The summed E-state index contributed by atoms with van der Waals surface area (Å²) in [5.74, 6) is 1.73. The van der Waals surface area contributed by atoms with Crippen LogP contribution in [0.3, 0.4) is 0 Å². The van der Waals surface area contributed by atoms with Crippen LogP contribution in [-0.2, 0) is 11.3 Å². The van der Waals surface area contributed by atoms with Gasteiger partial charge < -0.3 is 0 Å². The van der Waals surface area contributed by atoms with Crippen molar-refractivity contribution in [1.82, 2.24) is 14.8 Å². The van der Waals surface area contributed by atoms with Crippen LogP contribution >= 0.6 is 11.8 Å². The van der Waals surface area contributed by atoms with Crippen LogP contribution in [-0.4, -0.2) is 26.4 Å². The monoisotopic (exact) mass is 240 g/mol. The Bertz CT molecular complexity index is 386. The number of anilines is 1. The molecule has 0 saturated carbocycles. The molecule has 0 bridgehead atoms. The second-order valence-corrected chi connectivity index (χ2v) is 4.87. The Kier molecular flexibility index (Phi) is 3.48. The van der Waals surface area contributed by atoms with E-state index in [0.717, 1.165) is 30.3 Å². The van der Waals surface area contributed by atoms with Gasteiger partial charge in [-0.15, -0.1) is 10.2 Å². The first kappa shape index (κ1) is 11.4. The van der Waals surface area contributed by atoms with E-state index >= 15 is 0 Å². The quantitative estimate of drug-likeness (QED) is 0.871. The van der Waals surface area contributed by atoms with Gasteiger partial charge in [0.25, 0.3) is 0 Å². The van der Waals surface area contributed by atoms with Crippen molar-refractivity contribution in [2.24, 2.45) is 5.92 Å². The topological polar surface area (TPSA) is 59.8 Å². The number of hydrogen-bond acceptors (Lipinski definition) is 4. The van der Waals surface area contributed by atoms with Gasteiger partial charge in [-0.3, -0.25) is 14.7 Å². The molecule has 0 radical (unpaired) electrons. The van der Waals surface area contributed by atoms with E-state index in [-0.39, 0.29) is 11.8 Å². The maximum Gasteiger partial charge on any atom is 0.231 e. The van der Waals surface area contributed by atoms with Crippen molar-refractivity contribution in [3.63, 3.8) is 0 Å². The Morgan fingerprint density at radius 1 is 1.50 bits per heavy atom. The lowest BCUT2D eigenvalue weighted by molar-refractivity contribution is -0.120. The van der Waals surface area contributed by atoms with E-state index < -0.39 is 0 Å². The summed E-state index contributed by atoms with van der Waals surface area (Å²) < 4.78 is 1.96. The number of carbonyl (C=O) groups excluding carboxylic acids is 1. The first-order chi connectivity index (χ1) is 7.76. The standard InChI is InChI=1S/C10H16N4OS/c1-3-7(4-2)8(15)11-9-12-13-10-14(9)5-6-16-10/h7H,3-6H2,1-2H3,(H,11,12,15). The minimum Gasteiger partial charge on any atom is -0.294 e. The van der Waals surface area contributed by atoms with Crippen molar-refractivity contribution in [2.75, 3.05) is 11.1 Å². The third-order valence-corrected chi connectivity index (χ3v) is 3.80. The lowest BCUT2D eigenvalue weighted by atomic mass is 10.0. The van der Waals surface area contributed by atoms with Crippen LogP contribution in [0.5, 0.6) is 0 Å². The summed E-state index contributed by atoms with van der Waals surface area (Å²) in [5, 5.41) is 11.8. The molecule has 1 aliphatic heterocycles. The Morgan fingerprint density at radius 3 is 2.94 bits per heavy atom. The summed E-state index contributed by atoms with van der Waals surface area (Å²) >= 11 is 1.67. The fourth-order valence-corrected chi connectivity index (χ4v) is 2.68. The predicted octanol–water partition coefficient (Wildman–Crippen LogP) is 1.76. The average molecular weight is 240 g/mol. The molecular weight excluding hydrogens is 224 g/mol. The lowest BCUT2D eigenvalue weighted by Crippen LogP contribution is -2.23. The molecule has 1 aromatic heterocycles. The molecule has 0 aliphatic carbocycles. The van der Waals surface area contributed by atoms with Gasteiger partial charge in [-0.05, 0) is 12.8 Å². The number of thioether (sulfide) groups is 1. The molecule has 0 saturated heterocycles. The van der Waals surface area contributed by atoms with E-state index in [9.17, 15) is 4.79 Å². The fraction of sp³-hybridized carbons (Fsp3) is 0.700. The van der Waals surface area contributed by atoms with Gasteiger partial charge in [0, 0.05) is 18.2 Å². The van der Waals surface area contributed by atoms with Crippen LogP contribution in [0.15, 0.2) is 5.16 Å². The Hall–Kier alpha value is -1.04. The Balaban J connectivity index is 2.06. The van der Waals surface area contributed by atoms with Gasteiger partial charge in [0.05, 0.1) is 0 Å². The first-order valence-corrected chi connectivity index (χ1v) is 6.61. The van der Waals surface area contributed by atoms with Gasteiger partial charge in [0.2, 0.25) is 11.9 Å². The molecule has 1 N–H and O–H groups in total. The number of aromatic nitrogens is 3. The van der Waals surface area contributed by atoms with Gasteiger partial charge in [0.15, 0.2) is 5.16 Å². The molecule has 0 unspecified atom stereocenters. The normalized spacial score (nSPS) is 14.2. The van der Waals surface area contributed by atoms with Gasteiger partial charge >= 0.3 is 0 Å². The predicted molar refractivity (Wildman–Crippen MR) is 63.4 cm³/mol. The molecule has 0 fully saturated rings. The third kappa shape index (κ3) is 2.07. The number of rotatable bonds is 4. The minimum absolute atomic E-state index is 0.0529. The van der Waals surface area contributed by atoms with Gasteiger partial charge in [-0.2, -0.15) is 0 Å². The van der Waals surface area contributed by atoms with E-state index in [2.05, 4.69) is 15.5 Å². The number of fused-ring (bicyclic) bond motifs is 1. The third-order valence-electron chi connectivity index (χ3n) is 2.85. The molecule has 16 heavy (non-hydrogen) atoms. The summed E-state index contributed by atoms with van der Waals surface area (Å²) in [7, 11) is 0. The molecule has 1 aliphatic rings. The lowest BCUT2D eigenvalue weighted by Gasteiger charge is -2.11. The summed E-state index contributed by atoms with van der Waals surface area (Å²) in [5.41, 5.74) is 0. The van der Waals surface area contributed by atoms with E-state index in [0.29, 0.717) is 5.95 Å². The zero-order valence-electron chi connectivity index (χ0n) is 9.56. The van der Waals surface area contributed by atoms with Gasteiger partial charge in [-0.1, -0.05) is 25.6 Å². The van der Waals surface area contributed by atoms with Crippen molar-refractivity contribution in [1.29, 1.82) is 0 Å². The zero-order chi connectivity index (χ0) is 11.5. The summed E-state index contributed by atoms with van der Waals surface area (Å²) in [6, 6.07) is 0. The zero-order valence-corrected chi connectivity index (χ0v) is 10.4. The smallest absolute Gasteiger partial charge is 0.231 e. The number of carbonyl (C=O) groups is 1. The number of hydrogen-bond donors (Lipinski definition) is 1. The van der Waals surface area contributed by atoms with Gasteiger partial charge in [-0.25, -0.2) is 0 Å². The maximum atomic E-state index is 11.9. The van der Waals surface area contributed by atoms with E-state index in [1.807, 2.05) is 18.4 Å². The SMILES string of the molecule is CCC(CC)C(=O)Nc1nnc2n1CCS2. The van der Waals surface area contributed by atoms with Crippen LogP contribution in [0.25, 0.3) is 0 Å². The minimum atomic E-state index is 0.0529. The molecule has 0 atom stereocenters. The van der Waals surface area contributed by atoms with Crippen molar-refractivity contribution >= 4 is 23.6 Å². The highest BCUT2D eigenvalue weighted by Crippen LogP contribution is 2.26. The molecule has 2 heterocycles. The Labute approximate surface area is 99.0 Å². The second kappa shape index (κ2) is 4.86. The highest BCUT2D eigenvalue weighted by atomic mass is 32.2. The van der Waals surface area contributed by atoms with E-state index in [1.54, 1.807) is 11.8 Å². The summed E-state index contributed by atoms with van der Waals surface area (Å²) in [6.45, 7) is 4.93. The average Bonchev–Trinajstić information content (AvgIpc) is 2.85. The van der Waals surface area contributed by atoms with E-state index in [4.69, 9.17) is 0 Å². The largest absolute Gasteiger partial charge is 0.294 e. The number of amides is 1. The molecule has 1 aromatic rings. The van der Waals surface area contributed by atoms with Gasteiger partial charge in [0.1, 0.15) is 0 Å². The molecule has 88 valence electrons. The molecule has 0 spiro atoms. The molecule has 2 rings (SSSR count). The molecule has 6 heteroatoms. The van der Waals surface area contributed by atoms with Crippen molar-refractivity contribution in [3.05, 3.63) is 0 Å². The molecule has 5 nitrogen and oxygen atoms in total. The van der Waals surface area contributed by atoms with Crippen LogP contribution in [0.1, 0.15) is 26.7 Å². The van der Waals surface area contributed by atoms with Crippen molar-refractivity contribution in [2.45, 2.75) is 38.4 Å². The highest BCUT2D eigenvalue weighted by molar-refractivity contribution is 7.99. The molecule has 0 aromatic carbocycles. The second-order valence-electron chi connectivity index (χ2n) is 3.81. The maximum absolute atomic E-state index is 11.9. The van der Waals surface area contributed by atoms with Crippen molar-refractivity contribution in [3.8, 4) is 0 Å². The Morgan fingerprint density at radius 2 is 2.25 bits per heavy atom. The van der Waals surface area contributed by atoms with Crippen LogP contribution in [0, 0.1) is 5.92 Å². The van der Waals surface area contributed by atoms with Crippen LogP contribution < -0.4 is 5.32 Å². The van der Waals surface area contributed by atoms with Crippen molar-refractivity contribution < 1.29 is 4.79 Å². The summed E-state index contributed by atoms with van der Waals surface area (Å²) in [4.78, 5) is 11.9. The first-order valence-electron chi connectivity index (χ1n) is 5.63. The van der Waals surface area contributed by atoms with Crippen LogP contribution in [0.4, 0.5) is 5.95 Å². The molecular formula is C10H16N4OS. The fourth-order valence-electron chi connectivity index (χ4n) is 1.79.